The van der Waals surface area contributed by atoms with E-state index in [0.717, 1.165) is 12.3 Å². The average molecular weight is 207 g/mol. The molecule has 0 spiro atoms. The minimum absolute atomic E-state index is 0.232. The molecular formula is C14H25N. The maximum atomic E-state index is 6.07. The Labute approximate surface area is 94.8 Å². The zero-order chi connectivity index (χ0) is 11.5. The lowest BCUT2D eigenvalue weighted by molar-refractivity contribution is 0.140. The molecule has 1 aliphatic carbocycles. The summed E-state index contributed by atoms with van der Waals surface area (Å²) in [6.45, 7) is 7.04. The standard InChI is InChI=1S/C14H25N/c1-5-6-13(15)11-7-9-12(10-8-11)14(2,3)4/h1,11-13H,6-10,15H2,2-4H3. The lowest BCUT2D eigenvalue weighted by Gasteiger charge is -2.38. The summed E-state index contributed by atoms with van der Waals surface area (Å²) >= 11 is 0. The second kappa shape index (κ2) is 5.03. The molecule has 1 aliphatic rings. The number of rotatable bonds is 2. The van der Waals surface area contributed by atoms with Gasteiger partial charge in [0.1, 0.15) is 0 Å². The van der Waals surface area contributed by atoms with Crippen LogP contribution in [0.15, 0.2) is 0 Å². The molecule has 2 N–H and O–H groups in total. The van der Waals surface area contributed by atoms with Gasteiger partial charge in [-0.25, -0.2) is 0 Å². The average Bonchev–Trinajstić information content (AvgIpc) is 2.17. The van der Waals surface area contributed by atoms with Crippen LogP contribution < -0.4 is 5.73 Å². The molecule has 0 saturated heterocycles. The summed E-state index contributed by atoms with van der Waals surface area (Å²) in [5, 5.41) is 0. The van der Waals surface area contributed by atoms with Crippen LogP contribution in [0.3, 0.4) is 0 Å². The Kier molecular flexibility index (Phi) is 4.22. The zero-order valence-corrected chi connectivity index (χ0v) is 10.4. The summed E-state index contributed by atoms with van der Waals surface area (Å²) < 4.78 is 0. The van der Waals surface area contributed by atoms with Crippen LogP contribution in [0.2, 0.25) is 0 Å². The summed E-state index contributed by atoms with van der Waals surface area (Å²) in [5.41, 5.74) is 6.53. The quantitative estimate of drug-likeness (QED) is 0.691. The molecule has 0 aromatic heterocycles. The SMILES string of the molecule is C#CCC(N)C1CCC(C(C)(C)C)CC1. The van der Waals surface area contributed by atoms with Crippen molar-refractivity contribution < 1.29 is 0 Å². The van der Waals surface area contributed by atoms with Crippen LogP contribution in [0.25, 0.3) is 0 Å². The molecule has 1 unspecified atom stereocenters. The molecule has 1 saturated carbocycles. The van der Waals surface area contributed by atoms with E-state index >= 15 is 0 Å². The molecule has 0 radical (unpaired) electrons. The molecule has 0 aromatic rings. The molecule has 1 fully saturated rings. The van der Waals surface area contributed by atoms with Gasteiger partial charge in [0.2, 0.25) is 0 Å². The third-order valence-electron chi connectivity index (χ3n) is 3.96. The van der Waals surface area contributed by atoms with E-state index in [1.807, 2.05) is 0 Å². The Balaban J connectivity index is 2.40. The van der Waals surface area contributed by atoms with Gasteiger partial charge in [-0.05, 0) is 42.9 Å². The Hall–Kier alpha value is -0.480. The predicted molar refractivity (Wildman–Crippen MR) is 66.3 cm³/mol. The first-order valence-corrected chi connectivity index (χ1v) is 6.14. The molecule has 0 aromatic carbocycles. The van der Waals surface area contributed by atoms with Crippen molar-refractivity contribution in [3.05, 3.63) is 0 Å². The zero-order valence-electron chi connectivity index (χ0n) is 10.4. The minimum Gasteiger partial charge on any atom is -0.327 e. The summed E-state index contributed by atoms with van der Waals surface area (Å²) in [7, 11) is 0. The van der Waals surface area contributed by atoms with Crippen LogP contribution in [0.4, 0.5) is 0 Å². The first kappa shape index (κ1) is 12.6. The molecule has 1 heteroatoms. The molecule has 15 heavy (non-hydrogen) atoms. The largest absolute Gasteiger partial charge is 0.327 e. The molecule has 0 heterocycles. The van der Waals surface area contributed by atoms with Crippen molar-refractivity contribution in [3.63, 3.8) is 0 Å². The topological polar surface area (TPSA) is 26.0 Å². The van der Waals surface area contributed by atoms with Crippen LogP contribution in [0, 0.1) is 29.6 Å². The summed E-state index contributed by atoms with van der Waals surface area (Å²) in [4.78, 5) is 0. The third kappa shape index (κ3) is 3.54. The van der Waals surface area contributed by atoms with Crippen LogP contribution in [-0.4, -0.2) is 6.04 Å². The van der Waals surface area contributed by atoms with Gasteiger partial charge < -0.3 is 5.73 Å². The van der Waals surface area contributed by atoms with Crippen LogP contribution in [0.1, 0.15) is 52.9 Å². The second-order valence-corrected chi connectivity index (χ2v) is 6.05. The number of nitrogens with two attached hydrogens (primary N) is 1. The summed E-state index contributed by atoms with van der Waals surface area (Å²) in [5.74, 6) is 4.21. The Bertz CT molecular complexity index is 223. The fourth-order valence-corrected chi connectivity index (χ4v) is 2.72. The van der Waals surface area contributed by atoms with E-state index in [1.165, 1.54) is 25.7 Å². The number of terminal acetylenes is 1. The normalized spacial score (nSPS) is 29.5. The molecule has 1 atom stereocenters. The number of hydrogen-bond acceptors (Lipinski definition) is 1. The van der Waals surface area contributed by atoms with E-state index in [4.69, 9.17) is 12.2 Å². The van der Waals surface area contributed by atoms with E-state index in [1.54, 1.807) is 0 Å². The van der Waals surface area contributed by atoms with Crippen LogP contribution in [-0.2, 0) is 0 Å². The smallest absolute Gasteiger partial charge is 0.0241 e. The highest BCUT2D eigenvalue weighted by Gasteiger charge is 2.31. The van der Waals surface area contributed by atoms with Gasteiger partial charge in [-0.15, -0.1) is 12.3 Å². The molecule has 86 valence electrons. The molecule has 1 rings (SSSR count). The van der Waals surface area contributed by atoms with Gasteiger partial charge in [0.15, 0.2) is 0 Å². The van der Waals surface area contributed by atoms with Gasteiger partial charge in [-0.1, -0.05) is 20.8 Å². The summed E-state index contributed by atoms with van der Waals surface area (Å²) in [6, 6.07) is 0.232. The van der Waals surface area contributed by atoms with Crippen LogP contribution in [0.5, 0.6) is 0 Å². The van der Waals surface area contributed by atoms with E-state index in [0.29, 0.717) is 11.3 Å². The minimum atomic E-state index is 0.232. The van der Waals surface area contributed by atoms with Gasteiger partial charge in [0, 0.05) is 12.5 Å². The first-order chi connectivity index (χ1) is 6.95. The Morgan fingerprint density at radius 2 is 1.80 bits per heavy atom. The van der Waals surface area contributed by atoms with E-state index in [-0.39, 0.29) is 6.04 Å². The molecule has 0 bridgehead atoms. The highest BCUT2D eigenvalue weighted by Crippen LogP contribution is 2.40. The maximum absolute atomic E-state index is 6.07. The Morgan fingerprint density at radius 3 is 2.20 bits per heavy atom. The fraction of sp³-hybridized carbons (Fsp3) is 0.857. The van der Waals surface area contributed by atoms with Crippen molar-refractivity contribution in [3.8, 4) is 12.3 Å². The van der Waals surface area contributed by atoms with E-state index in [2.05, 4.69) is 26.7 Å². The van der Waals surface area contributed by atoms with Gasteiger partial charge in [-0.2, -0.15) is 0 Å². The van der Waals surface area contributed by atoms with Crippen molar-refractivity contribution in [2.24, 2.45) is 23.0 Å². The van der Waals surface area contributed by atoms with Crippen molar-refractivity contribution in [1.82, 2.24) is 0 Å². The molecular weight excluding hydrogens is 182 g/mol. The molecule has 0 aliphatic heterocycles. The van der Waals surface area contributed by atoms with Gasteiger partial charge >= 0.3 is 0 Å². The van der Waals surface area contributed by atoms with Gasteiger partial charge in [0.05, 0.1) is 0 Å². The Morgan fingerprint density at radius 1 is 1.27 bits per heavy atom. The number of hydrogen-bond donors (Lipinski definition) is 1. The van der Waals surface area contributed by atoms with Gasteiger partial charge in [-0.3, -0.25) is 0 Å². The van der Waals surface area contributed by atoms with E-state index in [9.17, 15) is 0 Å². The monoisotopic (exact) mass is 207 g/mol. The van der Waals surface area contributed by atoms with E-state index < -0.39 is 0 Å². The second-order valence-electron chi connectivity index (χ2n) is 6.05. The van der Waals surface area contributed by atoms with Crippen LogP contribution >= 0.6 is 0 Å². The lowest BCUT2D eigenvalue weighted by atomic mass is 9.68. The lowest BCUT2D eigenvalue weighted by Crippen LogP contribution is -2.35. The highest BCUT2D eigenvalue weighted by molar-refractivity contribution is 4.93. The van der Waals surface area contributed by atoms with Crippen molar-refractivity contribution in [1.29, 1.82) is 0 Å². The predicted octanol–water partition coefficient (Wildman–Crippen LogP) is 3.19. The summed E-state index contributed by atoms with van der Waals surface area (Å²) in [6.07, 6.45) is 11.2. The highest BCUT2D eigenvalue weighted by atomic mass is 14.6. The maximum Gasteiger partial charge on any atom is 0.0241 e. The van der Waals surface area contributed by atoms with Gasteiger partial charge in [0.25, 0.3) is 0 Å². The molecule has 0 amide bonds. The fourth-order valence-electron chi connectivity index (χ4n) is 2.72. The van der Waals surface area contributed by atoms with Crippen molar-refractivity contribution in [2.45, 2.75) is 58.9 Å². The molecule has 1 nitrogen and oxygen atoms in total. The third-order valence-corrected chi connectivity index (χ3v) is 3.96. The van der Waals surface area contributed by atoms with Crippen molar-refractivity contribution >= 4 is 0 Å². The first-order valence-electron chi connectivity index (χ1n) is 6.14. The van der Waals surface area contributed by atoms with Crippen molar-refractivity contribution in [2.75, 3.05) is 0 Å².